The molecule has 2 atom stereocenters. The van der Waals surface area contributed by atoms with Crippen molar-refractivity contribution in [3.05, 3.63) is 52.6 Å². The van der Waals surface area contributed by atoms with Gasteiger partial charge in [-0.2, -0.15) is 5.26 Å². The number of carbonyl (C=O) groups is 2. The molecule has 5 nitrogen and oxygen atoms in total. The van der Waals surface area contributed by atoms with Crippen molar-refractivity contribution in [3.8, 4) is 22.9 Å². The fraction of sp³-hybridized carbons (Fsp3) is 0.423. The van der Waals surface area contributed by atoms with Crippen molar-refractivity contribution in [2.24, 2.45) is 5.92 Å². The first-order valence-electron chi connectivity index (χ1n) is 11.0. The fourth-order valence-corrected chi connectivity index (χ4v) is 4.42. The number of benzene rings is 2. The molecule has 0 saturated carbocycles. The summed E-state index contributed by atoms with van der Waals surface area (Å²) in [6.45, 7) is 7.03. The van der Waals surface area contributed by atoms with E-state index in [0.717, 1.165) is 54.4 Å². The summed E-state index contributed by atoms with van der Waals surface area (Å²) >= 11 is 0. The van der Waals surface area contributed by atoms with E-state index in [1.165, 1.54) is 13.8 Å². The minimum Gasteiger partial charge on any atom is -0.453 e. The molecule has 3 rings (SSSR count). The molecular formula is C26H29NO4. The molecule has 2 aromatic rings. The van der Waals surface area contributed by atoms with E-state index in [1.807, 2.05) is 30.3 Å². The van der Waals surface area contributed by atoms with Crippen LogP contribution in [0.25, 0.3) is 11.1 Å². The van der Waals surface area contributed by atoms with Gasteiger partial charge in [0, 0.05) is 25.0 Å². The molecule has 0 heterocycles. The molecular weight excluding hydrogens is 390 g/mol. The van der Waals surface area contributed by atoms with Crippen LogP contribution in [0.4, 0.5) is 0 Å². The molecule has 0 aromatic heterocycles. The monoisotopic (exact) mass is 419 g/mol. The second-order valence-corrected chi connectivity index (χ2v) is 8.10. The van der Waals surface area contributed by atoms with Crippen LogP contribution in [0.5, 0.6) is 5.75 Å². The molecule has 2 aromatic carbocycles. The Morgan fingerprint density at radius 3 is 2.48 bits per heavy atom. The molecule has 1 aliphatic carbocycles. The normalized spacial score (nSPS) is 14.9. The number of carbonyl (C=O) groups excluding carboxylic acids is 2. The summed E-state index contributed by atoms with van der Waals surface area (Å²) in [7, 11) is 0. The Bertz CT molecular complexity index is 1030. The zero-order valence-corrected chi connectivity index (χ0v) is 18.7. The van der Waals surface area contributed by atoms with E-state index in [-0.39, 0.29) is 5.56 Å². The van der Waals surface area contributed by atoms with Crippen molar-refractivity contribution < 1.29 is 19.1 Å². The Hall–Kier alpha value is -3.13. The maximum absolute atomic E-state index is 11.9. The Balaban J connectivity index is 2.22. The molecule has 1 aliphatic rings. The lowest BCUT2D eigenvalue weighted by molar-refractivity contribution is -0.144. The van der Waals surface area contributed by atoms with Gasteiger partial charge in [0.1, 0.15) is 11.6 Å². The topological polar surface area (TPSA) is 76.4 Å². The summed E-state index contributed by atoms with van der Waals surface area (Å²) < 4.78 is 11.2. The van der Waals surface area contributed by atoms with Crippen molar-refractivity contribution >= 4 is 11.9 Å². The zero-order chi connectivity index (χ0) is 22.5. The third-order valence-corrected chi connectivity index (χ3v) is 5.89. The number of unbranched alkanes of at least 4 members (excludes halogenated alkanes) is 1. The number of hydrogen-bond donors (Lipinski definition) is 0. The van der Waals surface area contributed by atoms with Crippen molar-refractivity contribution in [3.63, 3.8) is 0 Å². The number of ether oxygens (including phenoxy) is 2. The number of hydrogen-bond acceptors (Lipinski definition) is 5. The van der Waals surface area contributed by atoms with Crippen LogP contribution >= 0.6 is 0 Å². The van der Waals surface area contributed by atoms with Crippen LogP contribution in [0.1, 0.15) is 81.7 Å². The summed E-state index contributed by atoms with van der Waals surface area (Å²) in [5.74, 6) is -0.174. The van der Waals surface area contributed by atoms with Crippen LogP contribution in [0.3, 0.4) is 0 Å². The lowest BCUT2D eigenvalue weighted by Gasteiger charge is -2.21. The molecule has 31 heavy (non-hydrogen) atoms. The summed E-state index contributed by atoms with van der Waals surface area (Å²) in [6.07, 6.45) is 4.38. The van der Waals surface area contributed by atoms with Crippen LogP contribution in [0, 0.1) is 17.2 Å². The van der Waals surface area contributed by atoms with E-state index in [9.17, 15) is 14.9 Å². The first-order valence-corrected chi connectivity index (χ1v) is 11.0. The van der Waals surface area contributed by atoms with E-state index in [4.69, 9.17) is 9.47 Å². The van der Waals surface area contributed by atoms with Crippen LogP contribution in [0.15, 0.2) is 30.3 Å². The minimum atomic E-state index is -0.691. The maximum atomic E-state index is 11.9. The summed E-state index contributed by atoms with van der Waals surface area (Å²) in [5, 5.41) is 10.1. The highest BCUT2D eigenvalue weighted by molar-refractivity contribution is 5.85. The Morgan fingerprint density at radius 1 is 1.13 bits per heavy atom. The maximum Gasteiger partial charge on any atom is 0.308 e. The fourth-order valence-electron chi connectivity index (χ4n) is 4.42. The molecule has 0 bridgehead atoms. The third-order valence-electron chi connectivity index (χ3n) is 5.89. The Labute approximate surface area is 184 Å². The number of nitrogens with zero attached hydrogens (tertiary/aromatic N) is 1. The van der Waals surface area contributed by atoms with Crippen molar-refractivity contribution in [1.29, 1.82) is 5.26 Å². The smallest absolute Gasteiger partial charge is 0.308 e. The first kappa shape index (κ1) is 22.6. The van der Waals surface area contributed by atoms with Gasteiger partial charge in [0.25, 0.3) is 0 Å². The highest BCUT2D eigenvalue weighted by atomic mass is 16.5. The van der Waals surface area contributed by atoms with Gasteiger partial charge in [-0.1, -0.05) is 63.8 Å². The molecule has 5 heteroatoms. The summed E-state index contributed by atoms with van der Waals surface area (Å²) in [6, 6.07) is 12.0. The van der Waals surface area contributed by atoms with E-state index < -0.39 is 18.0 Å². The first-order chi connectivity index (χ1) is 14.9. The van der Waals surface area contributed by atoms with Crippen molar-refractivity contribution in [1.82, 2.24) is 0 Å². The van der Waals surface area contributed by atoms with Crippen LogP contribution < -0.4 is 4.74 Å². The molecule has 0 spiro atoms. The number of fused-ring (bicyclic) bond motifs is 3. The second kappa shape index (κ2) is 9.78. The van der Waals surface area contributed by atoms with E-state index >= 15 is 0 Å². The zero-order valence-electron chi connectivity index (χ0n) is 18.7. The molecule has 0 fully saturated rings. The van der Waals surface area contributed by atoms with Crippen molar-refractivity contribution in [2.45, 2.75) is 65.9 Å². The average Bonchev–Trinajstić information content (AvgIpc) is 3.04. The molecule has 0 N–H and O–H groups in total. The Kier molecular flexibility index (Phi) is 7.12. The van der Waals surface area contributed by atoms with E-state index in [2.05, 4.69) is 19.9 Å². The van der Waals surface area contributed by atoms with Gasteiger partial charge in [-0.15, -0.1) is 0 Å². The lowest BCUT2D eigenvalue weighted by Crippen LogP contribution is -2.13. The van der Waals surface area contributed by atoms with Gasteiger partial charge in [0.2, 0.25) is 0 Å². The lowest BCUT2D eigenvalue weighted by atomic mass is 9.88. The highest BCUT2D eigenvalue weighted by Crippen LogP contribution is 2.50. The largest absolute Gasteiger partial charge is 0.453 e. The molecule has 0 amide bonds. The number of nitriles is 1. The van der Waals surface area contributed by atoms with Crippen LogP contribution in [0.2, 0.25) is 0 Å². The highest BCUT2D eigenvalue weighted by Gasteiger charge is 2.36. The van der Waals surface area contributed by atoms with Gasteiger partial charge in [-0.3, -0.25) is 9.59 Å². The average molecular weight is 420 g/mol. The number of esters is 2. The predicted molar refractivity (Wildman–Crippen MR) is 119 cm³/mol. The molecule has 0 saturated heterocycles. The quantitative estimate of drug-likeness (QED) is 0.395. The molecule has 2 unspecified atom stereocenters. The SMILES string of the molecule is CCCCC(CC)Cc1cc2c(c(C#N)c1OC(C)=O)C(OC(C)=O)c1ccccc1-2. The second-order valence-electron chi connectivity index (χ2n) is 8.10. The van der Waals surface area contributed by atoms with E-state index in [1.54, 1.807) is 0 Å². The van der Waals surface area contributed by atoms with Crippen LogP contribution in [-0.2, 0) is 20.7 Å². The van der Waals surface area contributed by atoms with Gasteiger partial charge in [0.15, 0.2) is 11.9 Å². The van der Waals surface area contributed by atoms with Gasteiger partial charge in [-0.05, 0) is 35.1 Å². The molecule has 0 radical (unpaired) electrons. The number of rotatable bonds is 8. The van der Waals surface area contributed by atoms with Crippen molar-refractivity contribution in [2.75, 3.05) is 0 Å². The van der Waals surface area contributed by atoms with E-state index in [0.29, 0.717) is 17.2 Å². The van der Waals surface area contributed by atoms with Gasteiger partial charge >= 0.3 is 11.9 Å². The summed E-state index contributed by atoms with van der Waals surface area (Å²) in [5.41, 5.74) is 4.38. The Morgan fingerprint density at radius 2 is 1.87 bits per heavy atom. The summed E-state index contributed by atoms with van der Waals surface area (Å²) in [4.78, 5) is 23.8. The third kappa shape index (κ3) is 4.64. The molecule has 0 aliphatic heterocycles. The van der Waals surface area contributed by atoms with Gasteiger partial charge in [0.05, 0.1) is 0 Å². The predicted octanol–water partition coefficient (Wildman–Crippen LogP) is 5.88. The van der Waals surface area contributed by atoms with Crippen LogP contribution in [-0.4, -0.2) is 11.9 Å². The minimum absolute atomic E-state index is 0.274. The van der Waals surface area contributed by atoms with Gasteiger partial charge < -0.3 is 9.47 Å². The standard InChI is InChI=1S/C26H29NO4/c1-5-7-10-18(6-2)13-19-14-22-20-11-8-9-12-21(20)26(31-17(4)29)24(22)23(15-27)25(19)30-16(3)28/h8-9,11-12,14,18,26H,5-7,10,13H2,1-4H3. The molecule has 162 valence electrons. The van der Waals surface area contributed by atoms with Gasteiger partial charge in [-0.25, -0.2) is 0 Å².